The highest BCUT2D eigenvalue weighted by atomic mass is 16.5. The van der Waals surface area contributed by atoms with E-state index in [9.17, 15) is 9.90 Å². The molecule has 1 fully saturated rings. The van der Waals surface area contributed by atoms with E-state index in [-0.39, 0.29) is 6.04 Å². The van der Waals surface area contributed by atoms with Gasteiger partial charge in [-0.3, -0.25) is 14.7 Å². The van der Waals surface area contributed by atoms with E-state index in [1.54, 1.807) is 7.11 Å². The van der Waals surface area contributed by atoms with Crippen molar-refractivity contribution in [2.45, 2.75) is 31.3 Å². The zero-order valence-electron chi connectivity index (χ0n) is 15.9. The van der Waals surface area contributed by atoms with Gasteiger partial charge in [-0.25, -0.2) is 0 Å². The number of benzene rings is 2. The molecule has 0 saturated carbocycles. The van der Waals surface area contributed by atoms with Crippen LogP contribution < -0.4 is 4.74 Å². The van der Waals surface area contributed by atoms with Gasteiger partial charge in [0.25, 0.3) is 0 Å². The van der Waals surface area contributed by atoms with Crippen molar-refractivity contribution in [1.82, 2.24) is 9.88 Å². The molecule has 4 rings (SSSR count). The predicted molar refractivity (Wildman–Crippen MR) is 109 cm³/mol. The van der Waals surface area contributed by atoms with Crippen molar-refractivity contribution in [3.05, 3.63) is 71.9 Å². The maximum atomic E-state index is 12.0. The van der Waals surface area contributed by atoms with Crippen molar-refractivity contribution in [3.8, 4) is 5.75 Å². The zero-order chi connectivity index (χ0) is 19.5. The molecule has 2 unspecified atom stereocenters. The van der Waals surface area contributed by atoms with E-state index in [1.165, 1.54) is 0 Å². The second-order valence-electron chi connectivity index (χ2n) is 7.18. The van der Waals surface area contributed by atoms with Crippen LogP contribution in [-0.4, -0.2) is 40.7 Å². The second kappa shape index (κ2) is 7.98. The number of aliphatic carboxylic acids is 1. The summed E-state index contributed by atoms with van der Waals surface area (Å²) in [5.41, 5.74) is 3.02. The van der Waals surface area contributed by atoms with E-state index in [2.05, 4.69) is 22.0 Å². The minimum Gasteiger partial charge on any atom is -0.497 e. The Morgan fingerprint density at radius 2 is 2.04 bits per heavy atom. The normalized spacial score (nSPS) is 18.7. The molecule has 1 N–H and O–H groups in total. The number of carboxylic acids is 1. The Hall–Kier alpha value is -2.92. The van der Waals surface area contributed by atoms with Crippen LogP contribution in [0.3, 0.4) is 0 Å². The van der Waals surface area contributed by atoms with E-state index in [0.717, 1.165) is 47.2 Å². The molecule has 1 aliphatic rings. The van der Waals surface area contributed by atoms with Crippen molar-refractivity contribution in [2.75, 3.05) is 13.7 Å². The molecule has 1 saturated heterocycles. The highest BCUT2D eigenvalue weighted by Gasteiger charge is 2.35. The van der Waals surface area contributed by atoms with Crippen LogP contribution in [0.2, 0.25) is 0 Å². The fourth-order valence-electron chi connectivity index (χ4n) is 4.25. The fourth-order valence-corrected chi connectivity index (χ4v) is 4.25. The van der Waals surface area contributed by atoms with E-state index >= 15 is 0 Å². The first-order valence-corrected chi connectivity index (χ1v) is 9.65. The molecule has 0 spiro atoms. The number of fused-ring (bicyclic) bond motifs is 1. The van der Waals surface area contributed by atoms with Gasteiger partial charge in [0.05, 0.1) is 18.7 Å². The summed E-state index contributed by atoms with van der Waals surface area (Å²) in [4.78, 5) is 18.7. The lowest BCUT2D eigenvalue weighted by Gasteiger charge is -2.40. The number of aromatic nitrogens is 1. The van der Waals surface area contributed by atoms with Gasteiger partial charge in [-0.15, -0.1) is 0 Å². The minimum absolute atomic E-state index is 0.176. The van der Waals surface area contributed by atoms with Crippen molar-refractivity contribution in [2.24, 2.45) is 0 Å². The molecule has 1 aliphatic heterocycles. The van der Waals surface area contributed by atoms with Gasteiger partial charge in [0.1, 0.15) is 11.8 Å². The average Bonchev–Trinajstić information content (AvgIpc) is 2.74. The quantitative estimate of drug-likeness (QED) is 0.720. The topological polar surface area (TPSA) is 62.7 Å². The molecule has 0 bridgehead atoms. The number of pyridine rings is 1. The number of piperidine rings is 1. The van der Waals surface area contributed by atoms with Crippen molar-refractivity contribution >= 4 is 16.9 Å². The van der Waals surface area contributed by atoms with Crippen molar-refractivity contribution in [3.63, 3.8) is 0 Å². The summed E-state index contributed by atoms with van der Waals surface area (Å²) < 4.78 is 5.44. The Kier molecular flexibility index (Phi) is 5.26. The number of hydrogen-bond acceptors (Lipinski definition) is 4. The molecular weight excluding hydrogens is 352 g/mol. The number of carboxylic acid groups (broad SMARTS) is 1. The molecule has 144 valence electrons. The molecule has 0 radical (unpaired) electrons. The molecule has 3 aromatic rings. The molecular formula is C23H24N2O3. The van der Waals surface area contributed by atoms with Crippen LogP contribution in [-0.2, 0) is 4.79 Å². The third-order valence-corrected chi connectivity index (χ3v) is 5.55. The number of likely N-dealkylation sites (tertiary alicyclic amines) is 1. The van der Waals surface area contributed by atoms with Crippen LogP contribution >= 0.6 is 0 Å². The summed E-state index contributed by atoms with van der Waals surface area (Å²) >= 11 is 0. The smallest absolute Gasteiger partial charge is 0.320 e. The molecule has 2 heterocycles. The van der Waals surface area contributed by atoms with Crippen molar-refractivity contribution in [1.29, 1.82) is 0 Å². The summed E-state index contributed by atoms with van der Waals surface area (Å²) in [7, 11) is 1.65. The Balaban J connectivity index is 1.91. The Labute approximate surface area is 164 Å². The van der Waals surface area contributed by atoms with E-state index in [0.29, 0.717) is 6.42 Å². The average molecular weight is 376 g/mol. The molecule has 2 aromatic carbocycles. The van der Waals surface area contributed by atoms with Gasteiger partial charge in [-0.05, 0) is 54.8 Å². The van der Waals surface area contributed by atoms with Gasteiger partial charge in [0, 0.05) is 11.6 Å². The summed E-state index contributed by atoms with van der Waals surface area (Å²) in [5.74, 6) is 0.00991. The number of carbonyl (C=O) groups is 1. The molecule has 2 atom stereocenters. The summed E-state index contributed by atoms with van der Waals surface area (Å²) in [6.07, 6.45) is 4.41. The van der Waals surface area contributed by atoms with Gasteiger partial charge in [0.15, 0.2) is 0 Å². The first kappa shape index (κ1) is 18.4. The molecule has 28 heavy (non-hydrogen) atoms. The lowest BCUT2D eigenvalue weighted by atomic mass is 9.90. The number of hydrogen-bond donors (Lipinski definition) is 1. The SMILES string of the molecule is COc1cccc(C(c2ccnc3ccccc23)N2CCCCC2C(=O)O)c1. The van der Waals surface area contributed by atoms with E-state index < -0.39 is 12.0 Å². The van der Waals surface area contributed by atoms with Crippen LogP contribution in [0.25, 0.3) is 10.9 Å². The Morgan fingerprint density at radius 1 is 1.18 bits per heavy atom. The number of methoxy groups -OCH3 is 1. The number of nitrogens with zero attached hydrogens (tertiary/aromatic N) is 2. The van der Waals surface area contributed by atoms with Crippen LogP contribution in [0, 0.1) is 0 Å². The monoisotopic (exact) mass is 376 g/mol. The fraction of sp³-hybridized carbons (Fsp3) is 0.304. The maximum Gasteiger partial charge on any atom is 0.320 e. The van der Waals surface area contributed by atoms with Gasteiger partial charge in [-0.1, -0.05) is 36.8 Å². The lowest BCUT2D eigenvalue weighted by molar-refractivity contribution is -0.145. The number of para-hydroxylation sites is 1. The number of ether oxygens (including phenoxy) is 1. The van der Waals surface area contributed by atoms with Crippen LogP contribution in [0.1, 0.15) is 36.4 Å². The predicted octanol–water partition coefficient (Wildman–Crippen LogP) is 4.27. The second-order valence-corrected chi connectivity index (χ2v) is 7.18. The first-order chi connectivity index (χ1) is 13.7. The molecule has 5 heteroatoms. The van der Waals surface area contributed by atoms with Gasteiger partial charge in [-0.2, -0.15) is 0 Å². The molecule has 5 nitrogen and oxygen atoms in total. The highest BCUT2D eigenvalue weighted by Crippen LogP contribution is 2.38. The van der Waals surface area contributed by atoms with Crippen LogP contribution in [0.5, 0.6) is 5.75 Å². The summed E-state index contributed by atoms with van der Waals surface area (Å²) in [5, 5.41) is 10.9. The largest absolute Gasteiger partial charge is 0.497 e. The third-order valence-electron chi connectivity index (χ3n) is 5.55. The van der Waals surface area contributed by atoms with Gasteiger partial charge < -0.3 is 9.84 Å². The summed E-state index contributed by atoms with van der Waals surface area (Å²) in [6.45, 7) is 0.746. The maximum absolute atomic E-state index is 12.0. The van der Waals surface area contributed by atoms with E-state index in [1.807, 2.05) is 48.7 Å². The Bertz CT molecular complexity index is 983. The van der Waals surface area contributed by atoms with Crippen molar-refractivity contribution < 1.29 is 14.6 Å². The Morgan fingerprint density at radius 3 is 2.86 bits per heavy atom. The lowest BCUT2D eigenvalue weighted by Crippen LogP contribution is -2.46. The third kappa shape index (κ3) is 3.45. The first-order valence-electron chi connectivity index (χ1n) is 9.65. The van der Waals surface area contributed by atoms with Crippen LogP contribution in [0.4, 0.5) is 0 Å². The number of rotatable bonds is 5. The summed E-state index contributed by atoms with van der Waals surface area (Å²) in [6, 6.07) is 17.3. The standard InChI is InChI=1S/C23H24N2O3/c1-28-17-8-6-7-16(15-17)22(25-14-5-4-11-21(25)23(26)27)19-12-13-24-20-10-3-2-9-18(19)20/h2-3,6-10,12-13,15,21-22H,4-5,11,14H2,1H3,(H,26,27). The molecule has 1 aromatic heterocycles. The highest BCUT2D eigenvalue weighted by molar-refractivity contribution is 5.83. The van der Waals surface area contributed by atoms with Crippen LogP contribution in [0.15, 0.2) is 60.8 Å². The minimum atomic E-state index is -0.758. The van der Waals surface area contributed by atoms with Gasteiger partial charge >= 0.3 is 5.97 Å². The van der Waals surface area contributed by atoms with E-state index in [4.69, 9.17) is 4.74 Å². The van der Waals surface area contributed by atoms with Gasteiger partial charge in [0.2, 0.25) is 0 Å². The molecule has 0 amide bonds. The zero-order valence-corrected chi connectivity index (χ0v) is 15.9. The molecule has 0 aliphatic carbocycles.